The molecule has 0 radical (unpaired) electrons. The van der Waals surface area contributed by atoms with Crippen LogP contribution in [0.5, 0.6) is 0 Å². The van der Waals surface area contributed by atoms with E-state index in [1.165, 1.54) is 0 Å². The van der Waals surface area contributed by atoms with E-state index in [-0.39, 0.29) is 5.91 Å². The summed E-state index contributed by atoms with van der Waals surface area (Å²) in [6.45, 7) is 5.09. The van der Waals surface area contributed by atoms with Crippen molar-refractivity contribution in [3.8, 4) is 6.07 Å². The molecule has 0 N–H and O–H groups in total. The van der Waals surface area contributed by atoms with E-state index >= 15 is 0 Å². The summed E-state index contributed by atoms with van der Waals surface area (Å²) in [5.41, 5.74) is 0.583. The van der Waals surface area contributed by atoms with Gasteiger partial charge in [0.25, 0.3) is 0 Å². The van der Waals surface area contributed by atoms with Crippen LogP contribution >= 0.6 is 0 Å². The van der Waals surface area contributed by atoms with Gasteiger partial charge in [-0.15, -0.1) is 0 Å². The lowest BCUT2D eigenvalue weighted by Crippen LogP contribution is -2.49. The number of anilines is 1. The lowest BCUT2D eigenvalue weighted by molar-refractivity contribution is -0.182. The molecule has 1 amide bonds. The quantitative estimate of drug-likeness (QED) is 0.821. The Balaban J connectivity index is 1.47. The number of amides is 1. The largest absolute Gasteiger partial charge is 0.352 e. The average molecular weight is 329 g/mol. The summed E-state index contributed by atoms with van der Waals surface area (Å²) in [6.07, 6.45) is 4.43. The predicted octanol–water partition coefficient (Wildman–Crippen LogP) is 1.02. The smallest absolute Gasteiger partial charge is 0.224 e. The molecule has 128 valence electrons. The summed E-state index contributed by atoms with van der Waals surface area (Å²) in [6, 6.07) is 5.72. The normalized spacial score (nSPS) is 19.1. The highest BCUT2D eigenvalue weighted by Crippen LogP contribution is 2.18. The maximum atomic E-state index is 12.4. The van der Waals surface area contributed by atoms with Crippen LogP contribution in [0.4, 0.5) is 5.82 Å². The van der Waals surface area contributed by atoms with Gasteiger partial charge in [0.15, 0.2) is 0 Å². The number of nitrogens with zero attached hydrogens (tertiary/aromatic N) is 5. The Morgan fingerprint density at radius 3 is 2.79 bits per heavy atom. The first kappa shape index (κ1) is 16.7. The molecule has 7 heteroatoms. The Hall–Kier alpha value is -2.17. The fraction of sp³-hybridized carbons (Fsp3) is 0.588. The zero-order valence-electron chi connectivity index (χ0n) is 13.9. The van der Waals surface area contributed by atoms with Crippen molar-refractivity contribution in [2.24, 2.45) is 0 Å². The van der Waals surface area contributed by atoms with E-state index in [1.807, 2.05) is 9.96 Å². The molecule has 0 atom stereocenters. The maximum Gasteiger partial charge on any atom is 0.224 e. The van der Waals surface area contributed by atoms with E-state index in [9.17, 15) is 10.1 Å². The van der Waals surface area contributed by atoms with Crippen molar-refractivity contribution in [2.45, 2.75) is 19.3 Å². The van der Waals surface area contributed by atoms with Crippen LogP contribution in [0.15, 0.2) is 18.3 Å². The number of carbonyl (C=O) groups is 1. The molecule has 1 aromatic heterocycles. The second kappa shape index (κ2) is 8.08. The molecular weight excluding hydrogens is 306 g/mol. The minimum absolute atomic E-state index is 0.172. The van der Waals surface area contributed by atoms with Crippen molar-refractivity contribution < 1.29 is 9.63 Å². The molecule has 3 rings (SSSR count). The van der Waals surface area contributed by atoms with E-state index in [4.69, 9.17) is 4.84 Å². The highest BCUT2D eigenvalue weighted by molar-refractivity contribution is 5.76. The van der Waals surface area contributed by atoms with Crippen LogP contribution in [-0.4, -0.2) is 66.7 Å². The number of piperazine rings is 1. The van der Waals surface area contributed by atoms with Gasteiger partial charge >= 0.3 is 0 Å². The summed E-state index contributed by atoms with van der Waals surface area (Å²) < 4.78 is 0. The van der Waals surface area contributed by atoms with Crippen molar-refractivity contribution in [2.75, 3.05) is 50.8 Å². The number of rotatable bonds is 4. The second-order valence-electron chi connectivity index (χ2n) is 6.07. The number of hydrogen-bond donors (Lipinski definition) is 0. The first-order valence-electron chi connectivity index (χ1n) is 8.53. The van der Waals surface area contributed by atoms with Crippen LogP contribution in [0.1, 0.15) is 24.8 Å². The Morgan fingerprint density at radius 1 is 1.25 bits per heavy atom. The van der Waals surface area contributed by atoms with Crippen molar-refractivity contribution in [3.05, 3.63) is 23.9 Å². The molecule has 0 spiro atoms. The second-order valence-corrected chi connectivity index (χ2v) is 6.07. The molecule has 24 heavy (non-hydrogen) atoms. The average Bonchev–Trinajstić information content (AvgIpc) is 2.67. The molecule has 2 fully saturated rings. The molecule has 2 saturated heterocycles. The number of aromatic nitrogens is 1. The molecule has 1 aromatic rings. The molecule has 0 saturated carbocycles. The topological polar surface area (TPSA) is 72.7 Å². The third-order valence-electron chi connectivity index (χ3n) is 4.49. The standard InChI is InChI=1S/C17H23N5O2/c18-14-15-4-3-6-19-17(15)21-11-9-20(10-12-21)16(23)5-8-22-7-1-2-13-24-22/h3-4,6H,1-2,5,7-13H2. The highest BCUT2D eigenvalue weighted by Gasteiger charge is 2.23. The van der Waals surface area contributed by atoms with E-state index in [1.54, 1.807) is 18.3 Å². The number of nitriles is 1. The van der Waals surface area contributed by atoms with E-state index in [2.05, 4.69) is 16.0 Å². The van der Waals surface area contributed by atoms with Gasteiger partial charge in [-0.2, -0.15) is 10.3 Å². The van der Waals surface area contributed by atoms with Crippen LogP contribution in [0.3, 0.4) is 0 Å². The Labute approximate surface area is 142 Å². The van der Waals surface area contributed by atoms with Crippen LogP contribution < -0.4 is 4.90 Å². The van der Waals surface area contributed by atoms with Gasteiger partial charge in [-0.05, 0) is 25.0 Å². The zero-order valence-corrected chi connectivity index (χ0v) is 13.9. The van der Waals surface area contributed by atoms with Crippen molar-refractivity contribution in [1.29, 1.82) is 5.26 Å². The zero-order chi connectivity index (χ0) is 16.8. The SMILES string of the molecule is N#Cc1cccnc1N1CCN(C(=O)CCN2CCCCO2)CC1. The molecule has 7 nitrogen and oxygen atoms in total. The Kier molecular flexibility index (Phi) is 5.62. The predicted molar refractivity (Wildman–Crippen MR) is 89.1 cm³/mol. The van der Waals surface area contributed by atoms with Gasteiger partial charge in [-0.25, -0.2) is 4.98 Å². The van der Waals surface area contributed by atoms with E-state index in [0.717, 1.165) is 26.0 Å². The summed E-state index contributed by atoms with van der Waals surface area (Å²) in [5.74, 6) is 0.888. The molecule has 0 bridgehead atoms. The van der Waals surface area contributed by atoms with E-state index in [0.29, 0.717) is 50.5 Å². The molecule has 3 heterocycles. The summed E-state index contributed by atoms with van der Waals surface area (Å²) >= 11 is 0. The van der Waals surface area contributed by atoms with Gasteiger partial charge < -0.3 is 9.80 Å². The summed E-state index contributed by atoms with van der Waals surface area (Å²) in [7, 11) is 0. The third-order valence-corrected chi connectivity index (χ3v) is 4.49. The van der Waals surface area contributed by atoms with Crippen LogP contribution in [0.2, 0.25) is 0 Å². The number of pyridine rings is 1. The first-order valence-corrected chi connectivity index (χ1v) is 8.53. The number of hydroxylamine groups is 2. The van der Waals surface area contributed by atoms with E-state index < -0.39 is 0 Å². The highest BCUT2D eigenvalue weighted by atomic mass is 16.7. The Morgan fingerprint density at radius 2 is 2.08 bits per heavy atom. The van der Waals surface area contributed by atoms with Gasteiger partial charge in [-0.3, -0.25) is 9.63 Å². The minimum Gasteiger partial charge on any atom is -0.352 e. The third kappa shape index (κ3) is 4.02. The monoisotopic (exact) mass is 329 g/mol. The first-order chi connectivity index (χ1) is 11.8. The fourth-order valence-corrected chi connectivity index (χ4v) is 3.11. The molecule has 2 aliphatic heterocycles. The van der Waals surface area contributed by atoms with Crippen molar-refractivity contribution in [3.63, 3.8) is 0 Å². The maximum absolute atomic E-state index is 12.4. The summed E-state index contributed by atoms with van der Waals surface area (Å²) in [5, 5.41) is 11.1. The van der Waals surface area contributed by atoms with Crippen molar-refractivity contribution >= 4 is 11.7 Å². The van der Waals surface area contributed by atoms with Crippen LogP contribution in [-0.2, 0) is 9.63 Å². The molecule has 0 unspecified atom stereocenters. The van der Waals surface area contributed by atoms with Gasteiger partial charge in [0.05, 0.1) is 12.2 Å². The minimum atomic E-state index is 0.172. The van der Waals surface area contributed by atoms with Crippen molar-refractivity contribution in [1.82, 2.24) is 14.9 Å². The van der Waals surface area contributed by atoms with Gasteiger partial charge in [0.1, 0.15) is 11.9 Å². The van der Waals surface area contributed by atoms with Gasteiger partial charge in [0, 0.05) is 51.9 Å². The van der Waals surface area contributed by atoms with Crippen LogP contribution in [0.25, 0.3) is 0 Å². The number of carbonyl (C=O) groups excluding carboxylic acids is 1. The fourth-order valence-electron chi connectivity index (χ4n) is 3.11. The Bertz CT molecular complexity index is 601. The van der Waals surface area contributed by atoms with Gasteiger partial charge in [-0.1, -0.05) is 0 Å². The lowest BCUT2D eigenvalue weighted by atomic mass is 10.2. The van der Waals surface area contributed by atoms with Crippen LogP contribution in [0, 0.1) is 11.3 Å². The lowest BCUT2D eigenvalue weighted by Gasteiger charge is -2.36. The molecule has 0 aromatic carbocycles. The van der Waals surface area contributed by atoms with Gasteiger partial charge in [0.2, 0.25) is 5.91 Å². The molecular formula is C17H23N5O2. The number of hydrogen-bond acceptors (Lipinski definition) is 6. The molecule has 2 aliphatic rings. The molecule has 0 aliphatic carbocycles. The summed E-state index contributed by atoms with van der Waals surface area (Å²) in [4.78, 5) is 26.2.